The average molecular weight is 409 g/mol. The van der Waals surface area contributed by atoms with Gasteiger partial charge in [-0.1, -0.05) is 6.07 Å². The molecule has 3 rings (SSSR count). The molecule has 0 aliphatic carbocycles. The molecule has 1 aromatic carbocycles. The maximum Gasteiger partial charge on any atom is 0.345 e. The highest BCUT2D eigenvalue weighted by atomic mass is 32.2. The maximum atomic E-state index is 13.3. The second-order valence-electron chi connectivity index (χ2n) is 7.58. The van der Waals surface area contributed by atoms with Gasteiger partial charge >= 0.3 is 5.69 Å². The Morgan fingerprint density at radius 3 is 2.64 bits per heavy atom. The number of piperidine rings is 1. The van der Waals surface area contributed by atoms with Gasteiger partial charge in [0.15, 0.2) is 0 Å². The lowest BCUT2D eigenvalue weighted by atomic mass is 9.98. The van der Waals surface area contributed by atoms with Crippen molar-refractivity contribution < 1.29 is 13.2 Å². The van der Waals surface area contributed by atoms with E-state index in [0.717, 1.165) is 12.0 Å². The second kappa shape index (κ2) is 7.71. The number of aryl methyl sites for hydroxylation is 2. The van der Waals surface area contributed by atoms with Gasteiger partial charge in [-0.15, -0.1) is 0 Å². The van der Waals surface area contributed by atoms with Crippen LogP contribution in [0.4, 0.5) is 0 Å². The molecule has 0 bridgehead atoms. The van der Waals surface area contributed by atoms with Crippen LogP contribution < -0.4 is 10.4 Å². The molecule has 1 aromatic heterocycles. The van der Waals surface area contributed by atoms with Gasteiger partial charge in [0.1, 0.15) is 16.5 Å². The summed E-state index contributed by atoms with van der Waals surface area (Å²) in [6.45, 7) is 6.45. The summed E-state index contributed by atoms with van der Waals surface area (Å²) in [4.78, 5) is 12.6. The Bertz CT molecular complexity index is 1020. The molecule has 1 atom stereocenters. The Kier molecular flexibility index (Phi) is 5.67. The fourth-order valence-corrected chi connectivity index (χ4v) is 5.52. The zero-order valence-corrected chi connectivity index (χ0v) is 17.9. The van der Waals surface area contributed by atoms with Gasteiger partial charge in [-0.25, -0.2) is 17.9 Å². The summed E-state index contributed by atoms with van der Waals surface area (Å²) in [5.74, 6) is 0.860. The van der Waals surface area contributed by atoms with E-state index in [-0.39, 0.29) is 22.5 Å². The van der Waals surface area contributed by atoms with Crippen molar-refractivity contribution in [3.63, 3.8) is 0 Å². The molecule has 0 saturated carbocycles. The van der Waals surface area contributed by atoms with E-state index in [1.165, 1.54) is 16.1 Å². The van der Waals surface area contributed by atoms with E-state index in [2.05, 4.69) is 5.10 Å². The van der Waals surface area contributed by atoms with Crippen molar-refractivity contribution in [1.82, 2.24) is 18.7 Å². The van der Waals surface area contributed by atoms with E-state index in [4.69, 9.17) is 4.74 Å². The number of sulfonamides is 1. The highest BCUT2D eigenvalue weighted by Crippen LogP contribution is 2.33. The number of ether oxygens (including phenoxy) is 1. The molecule has 1 saturated heterocycles. The van der Waals surface area contributed by atoms with Crippen molar-refractivity contribution in [2.24, 2.45) is 7.05 Å². The third kappa shape index (κ3) is 3.60. The number of hydrogen-bond donors (Lipinski definition) is 0. The number of methoxy groups -OCH3 is 1. The number of benzene rings is 1. The van der Waals surface area contributed by atoms with Crippen LogP contribution in [0.15, 0.2) is 27.9 Å². The summed E-state index contributed by atoms with van der Waals surface area (Å²) in [6.07, 6.45) is 1.50. The Hall–Kier alpha value is -2.13. The van der Waals surface area contributed by atoms with E-state index in [1.54, 1.807) is 23.7 Å². The van der Waals surface area contributed by atoms with Gasteiger partial charge in [0, 0.05) is 32.1 Å². The van der Waals surface area contributed by atoms with Gasteiger partial charge in [0.2, 0.25) is 10.0 Å². The quantitative estimate of drug-likeness (QED) is 0.756. The average Bonchev–Trinajstić information content (AvgIpc) is 2.97. The summed E-state index contributed by atoms with van der Waals surface area (Å²) in [7, 11) is -0.623. The summed E-state index contributed by atoms with van der Waals surface area (Å²) in [5.41, 5.74) is 0.677. The highest BCUT2D eigenvalue weighted by Gasteiger charge is 2.35. The van der Waals surface area contributed by atoms with Crippen LogP contribution in [-0.2, 0) is 17.1 Å². The van der Waals surface area contributed by atoms with Crippen molar-refractivity contribution in [2.45, 2.75) is 50.5 Å². The first kappa shape index (κ1) is 20.6. The Labute approximate surface area is 165 Å². The Balaban J connectivity index is 1.98. The van der Waals surface area contributed by atoms with Gasteiger partial charge < -0.3 is 4.74 Å². The molecule has 0 amide bonds. The lowest BCUT2D eigenvalue weighted by molar-refractivity contribution is 0.300. The first-order valence-electron chi connectivity index (χ1n) is 9.47. The molecule has 2 aromatic rings. The molecule has 1 unspecified atom stereocenters. The molecular formula is C19H28N4O4S. The lowest BCUT2D eigenvalue weighted by Crippen LogP contribution is -2.40. The molecule has 1 aliphatic rings. The van der Waals surface area contributed by atoms with Crippen LogP contribution in [0.2, 0.25) is 0 Å². The maximum absolute atomic E-state index is 13.3. The van der Waals surface area contributed by atoms with Crippen molar-refractivity contribution in [3.05, 3.63) is 40.1 Å². The predicted molar refractivity (Wildman–Crippen MR) is 106 cm³/mol. The molecule has 28 heavy (non-hydrogen) atoms. The van der Waals surface area contributed by atoms with E-state index in [9.17, 15) is 13.2 Å². The zero-order valence-electron chi connectivity index (χ0n) is 17.0. The molecule has 0 N–H and O–H groups in total. The van der Waals surface area contributed by atoms with E-state index >= 15 is 0 Å². The highest BCUT2D eigenvalue weighted by molar-refractivity contribution is 7.89. The smallest absolute Gasteiger partial charge is 0.345 e. The van der Waals surface area contributed by atoms with Crippen LogP contribution in [0.3, 0.4) is 0 Å². The minimum absolute atomic E-state index is 0.0416. The SMILES string of the molecule is COc1ccc(C)cc1S(=O)(=O)N1CCCC(c2nn(C)c(=O)n2C(C)C)C1. The molecule has 2 heterocycles. The predicted octanol–water partition coefficient (Wildman–Crippen LogP) is 2.05. The second-order valence-corrected chi connectivity index (χ2v) is 9.49. The fourth-order valence-electron chi connectivity index (χ4n) is 3.76. The van der Waals surface area contributed by atoms with Gasteiger partial charge in [-0.2, -0.15) is 9.40 Å². The van der Waals surface area contributed by atoms with Crippen LogP contribution in [-0.4, -0.2) is 47.3 Å². The van der Waals surface area contributed by atoms with E-state index < -0.39 is 10.0 Å². The van der Waals surface area contributed by atoms with Crippen molar-refractivity contribution in [2.75, 3.05) is 20.2 Å². The molecular weight excluding hydrogens is 380 g/mol. The number of aromatic nitrogens is 3. The van der Waals surface area contributed by atoms with Crippen molar-refractivity contribution in [1.29, 1.82) is 0 Å². The third-order valence-corrected chi connectivity index (χ3v) is 7.07. The number of rotatable bonds is 5. The first-order chi connectivity index (χ1) is 13.2. The molecule has 1 aliphatic heterocycles. The van der Waals surface area contributed by atoms with Crippen LogP contribution in [0, 0.1) is 6.92 Å². The largest absolute Gasteiger partial charge is 0.495 e. The summed E-state index contributed by atoms with van der Waals surface area (Å²) < 4.78 is 36.4. The minimum atomic E-state index is -3.72. The number of hydrogen-bond acceptors (Lipinski definition) is 5. The minimum Gasteiger partial charge on any atom is -0.495 e. The van der Waals surface area contributed by atoms with E-state index in [0.29, 0.717) is 31.1 Å². The zero-order chi connectivity index (χ0) is 20.6. The summed E-state index contributed by atoms with van der Waals surface area (Å²) >= 11 is 0. The molecule has 154 valence electrons. The summed E-state index contributed by atoms with van der Waals surface area (Å²) in [5, 5.41) is 4.41. The van der Waals surface area contributed by atoms with Crippen LogP contribution in [0.5, 0.6) is 5.75 Å². The summed E-state index contributed by atoms with van der Waals surface area (Å²) in [6, 6.07) is 5.10. The van der Waals surface area contributed by atoms with Crippen LogP contribution in [0.1, 0.15) is 50.0 Å². The standard InChI is InChI=1S/C19H28N4O4S/c1-13(2)23-18(20-21(4)19(23)24)15-7-6-10-22(12-15)28(25,26)17-11-14(3)8-9-16(17)27-5/h8-9,11,13,15H,6-7,10,12H2,1-5H3. The van der Waals surface area contributed by atoms with Gasteiger partial charge in [0.05, 0.1) is 7.11 Å². The molecule has 8 nitrogen and oxygen atoms in total. The van der Waals surface area contributed by atoms with Crippen LogP contribution >= 0.6 is 0 Å². The Morgan fingerprint density at radius 2 is 2.00 bits per heavy atom. The normalized spacial score (nSPS) is 18.6. The first-order valence-corrected chi connectivity index (χ1v) is 10.9. The molecule has 0 radical (unpaired) electrons. The van der Waals surface area contributed by atoms with Crippen LogP contribution in [0.25, 0.3) is 0 Å². The van der Waals surface area contributed by atoms with Gasteiger partial charge in [-0.3, -0.25) is 4.57 Å². The Morgan fingerprint density at radius 1 is 1.29 bits per heavy atom. The van der Waals surface area contributed by atoms with Crippen molar-refractivity contribution >= 4 is 10.0 Å². The number of nitrogens with zero attached hydrogens (tertiary/aromatic N) is 4. The monoisotopic (exact) mass is 408 g/mol. The van der Waals surface area contributed by atoms with Gasteiger partial charge in [-0.05, 0) is 51.3 Å². The third-order valence-electron chi connectivity index (χ3n) is 5.18. The van der Waals surface area contributed by atoms with Crippen molar-refractivity contribution in [3.8, 4) is 5.75 Å². The molecule has 9 heteroatoms. The lowest BCUT2D eigenvalue weighted by Gasteiger charge is -2.32. The fraction of sp³-hybridized carbons (Fsp3) is 0.579. The molecule has 1 fully saturated rings. The van der Waals surface area contributed by atoms with Gasteiger partial charge in [0.25, 0.3) is 0 Å². The molecule has 0 spiro atoms. The van der Waals surface area contributed by atoms with E-state index in [1.807, 2.05) is 26.8 Å². The topological polar surface area (TPSA) is 86.4 Å².